The molecule has 0 aliphatic carbocycles. The van der Waals surface area contributed by atoms with Crippen LogP contribution in [0.2, 0.25) is 0 Å². The summed E-state index contributed by atoms with van der Waals surface area (Å²) in [4.78, 5) is 28.1. The van der Waals surface area contributed by atoms with Gasteiger partial charge >= 0.3 is 12.0 Å². The van der Waals surface area contributed by atoms with Crippen molar-refractivity contribution >= 4 is 17.6 Å². The van der Waals surface area contributed by atoms with Gasteiger partial charge in [-0.3, -0.25) is 9.59 Å². The molecular weight excluding hydrogens is 420 g/mol. The maximum atomic E-state index is 12.1. The van der Waals surface area contributed by atoms with Crippen LogP contribution in [0.15, 0.2) is 48.5 Å². The molecule has 2 aromatic carbocycles. The second kappa shape index (κ2) is 11.3. The zero-order valence-corrected chi connectivity index (χ0v) is 19.5. The number of aryl methyl sites for hydroxylation is 1. The van der Waals surface area contributed by atoms with E-state index in [4.69, 9.17) is 9.47 Å². The van der Waals surface area contributed by atoms with Crippen molar-refractivity contribution in [2.24, 2.45) is 5.92 Å². The number of rotatable bonds is 10. The maximum absolute atomic E-state index is 12.1. The van der Waals surface area contributed by atoms with Crippen molar-refractivity contribution in [1.29, 1.82) is 0 Å². The number of aromatic nitrogens is 3. The van der Waals surface area contributed by atoms with Crippen molar-refractivity contribution in [3.05, 3.63) is 54.1 Å². The Morgan fingerprint density at radius 2 is 1.73 bits per heavy atom. The molecule has 0 fully saturated rings. The summed E-state index contributed by atoms with van der Waals surface area (Å²) in [6.07, 6.45) is 0.119. The van der Waals surface area contributed by atoms with Gasteiger partial charge < -0.3 is 14.8 Å². The first-order valence-corrected chi connectivity index (χ1v) is 11.1. The maximum Gasteiger partial charge on any atom is 0.336 e. The highest BCUT2D eigenvalue weighted by Crippen LogP contribution is 2.25. The first kappa shape index (κ1) is 24.0. The average Bonchev–Trinajstić information content (AvgIpc) is 3.22. The van der Waals surface area contributed by atoms with Crippen molar-refractivity contribution in [1.82, 2.24) is 14.8 Å². The SMILES string of the molecule is CCOC(=O)CCC(=O)Nc1ccc(-n2nc(OCC(C)C)nc2-c2ccc(C)cc2)cc1. The fourth-order valence-electron chi connectivity index (χ4n) is 3.02. The van der Waals surface area contributed by atoms with Crippen LogP contribution < -0.4 is 10.1 Å². The van der Waals surface area contributed by atoms with Crippen LogP contribution in [0.1, 0.15) is 39.2 Å². The molecule has 33 heavy (non-hydrogen) atoms. The summed E-state index contributed by atoms with van der Waals surface area (Å²) in [5, 5.41) is 7.34. The molecule has 0 atom stereocenters. The van der Waals surface area contributed by atoms with E-state index in [1.807, 2.05) is 43.3 Å². The van der Waals surface area contributed by atoms with Crippen LogP contribution in [-0.2, 0) is 14.3 Å². The van der Waals surface area contributed by atoms with Crippen LogP contribution in [0.5, 0.6) is 6.01 Å². The van der Waals surface area contributed by atoms with E-state index in [1.54, 1.807) is 23.7 Å². The van der Waals surface area contributed by atoms with E-state index in [-0.39, 0.29) is 24.7 Å². The summed E-state index contributed by atoms with van der Waals surface area (Å²) < 4.78 is 12.3. The number of benzene rings is 2. The van der Waals surface area contributed by atoms with E-state index in [9.17, 15) is 9.59 Å². The molecule has 8 heteroatoms. The molecule has 1 aromatic heterocycles. The van der Waals surface area contributed by atoms with E-state index in [0.717, 1.165) is 16.8 Å². The fourth-order valence-corrected chi connectivity index (χ4v) is 3.02. The molecule has 0 spiro atoms. The molecule has 1 N–H and O–H groups in total. The van der Waals surface area contributed by atoms with Gasteiger partial charge in [-0.2, -0.15) is 4.98 Å². The smallest absolute Gasteiger partial charge is 0.336 e. The monoisotopic (exact) mass is 450 g/mol. The Bertz CT molecular complexity index is 1070. The summed E-state index contributed by atoms with van der Waals surface area (Å²) >= 11 is 0. The van der Waals surface area contributed by atoms with Crippen LogP contribution >= 0.6 is 0 Å². The van der Waals surface area contributed by atoms with Gasteiger partial charge in [0.25, 0.3) is 0 Å². The van der Waals surface area contributed by atoms with Crippen LogP contribution in [0.4, 0.5) is 5.69 Å². The third kappa shape index (κ3) is 6.90. The number of amides is 1. The molecule has 174 valence electrons. The van der Waals surface area contributed by atoms with Crippen LogP contribution in [0.25, 0.3) is 17.1 Å². The number of nitrogens with zero attached hydrogens (tertiary/aromatic N) is 3. The molecule has 0 saturated carbocycles. The van der Waals surface area contributed by atoms with Gasteiger partial charge in [0.15, 0.2) is 5.82 Å². The molecule has 8 nitrogen and oxygen atoms in total. The average molecular weight is 451 g/mol. The Hall–Kier alpha value is -3.68. The number of anilines is 1. The van der Waals surface area contributed by atoms with Gasteiger partial charge in [-0.05, 0) is 44.0 Å². The topological polar surface area (TPSA) is 95.3 Å². The molecular formula is C25H30N4O4. The van der Waals surface area contributed by atoms with Crippen molar-refractivity contribution < 1.29 is 19.1 Å². The zero-order chi connectivity index (χ0) is 23.8. The first-order chi connectivity index (χ1) is 15.9. The molecule has 0 unspecified atom stereocenters. The highest BCUT2D eigenvalue weighted by atomic mass is 16.5. The normalized spacial score (nSPS) is 10.8. The van der Waals surface area contributed by atoms with E-state index >= 15 is 0 Å². The molecule has 1 amide bonds. The summed E-state index contributed by atoms with van der Waals surface area (Å²) in [6, 6.07) is 15.6. The van der Waals surface area contributed by atoms with E-state index < -0.39 is 0 Å². The van der Waals surface area contributed by atoms with E-state index in [2.05, 4.69) is 29.2 Å². The quantitative estimate of drug-likeness (QED) is 0.455. The van der Waals surface area contributed by atoms with Gasteiger partial charge in [-0.25, -0.2) is 4.68 Å². The third-order valence-corrected chi connectivity index (χ3v) is 4.70. The van der Waals surface area contributed by atoms with Crippen molar-refractivity contribution in [3.8, 4) is 23.1 Å². The molecule has 3 aromatic rings. The Balaban J connectivity index is 1.78. The standard InChI is InChI=1S/C25H30N4O4/c1-5-32-23(31)15-14-22(30)26-20-10-12-21(13-11-20)29-24(19-8-6-18(4)7-9-19)27-25(28-29)33-16-17(2)3/h6-13,17H,5,14-16H2,1-4H3,(H,26,30). The Morgan fingerprint density at radius 3 is 2.36 bits per heavy atom. The molecule has 0 aliphatic rings. The van der Waals surface area contributed by atoms with Gasteiger partial charge in [-0.1, -0.05) is 43.7 Å². The number of ether oxygens (including phenoxy) is 2. The fraction of sp³-hybridized carbons (Fsp3) is 0.360. The third-order valence-electron chi connectivity index (χ3n) is 4.70. The van der Waals surface area contributed by atoms with Crippen LogP contribution in [0, 0.1) is 12.8 Å². The molecule has 3 rings (SSSR count). The second-order valence-corrected chi connectivity index (χ2v) is 8.10. The number of esters is 1. The summed E-state index contributed by atoms with van der Waals surface area (Å²) in [7, 11) is 0. The zero-order valence-electron chi connectivity index (χ0n) is 19.5. The lowest BCUT2D eigenvalue weighted by molar-refractivity contribution is -0.144. The van der Waals surface area contributed by atoms with Crippen molar-refractivity contribution in [2.45, 2.75) is 40.5 Å². The minimum Gasteiger partial charge on any atom is -0.466 e. The minimum absolute atomic E-state index is 0.0514. The number of carbonyl (C=O) groups excluding carboxylic acids is 2. The minimum atomic E-state index is -0.381. The van der Waals surface area contributed by atoms with Crippen LogP contribution in [0.3, 0.4) is 0 Å². The van der Waals surface area contributed by atoms with Crippen LogP contribution in [-0.4, -0.2) is 39.9 Å². The highest BCUT2D eigenvalue weighted by Gasteiger charge is 2.15. The molecule has 0 radical (unpaired) electrons. The molecule has 0 bridgehead atoms. The van der Waals surface area contributed by atoms with Gasteiger partial charge in [0.05, 0.1) is 25.3 Å². The lowest BCUT2D eigenvalue weighted by atomic mass is 10.1. The lowest BCUT2D eigenvalue weighted by Gasteiger charge is -2.09. The Labute approximate surface area is 193 Å². The van der Waals surface area contributed by atoms with Crippen molar-refractivity contribution in [2.75, 3.05) is 18.5 Å². The molecule has 0 aliphatic heterocycles. The number of hydrogen-bond donors (Lipinski definition) is 1. The van der Waals surface area contributed by atoms with E-state index in [1.165, 1.54) is 0 Å². The van der Waals surface area contributed by atoms with Gasteiger partial charge in [0.2, 0.25) is 5.91 Å². The molecule has 0 saturated heterocycles. The summed E-state index contributed by atoms with van der Waals surface area (Å²) in [5.41, 5.74) is 3.48. The van der Waals surface area contributed by atoms with Gasteiger partial charge in [-0.15, -0.1) is 5.10 Å². The van der Waals surface area contributed by atoms with Gasteiger partial charge in [0, 0.05) is 17.7 Å². The van der Waals surface area contributed by atoms with Crippen molar-refractivity contribution in [3.63, 3.8) is 0 Å². The Kier molecular flexibility index (Phi) is 8.18. The summed E-state index contributed by atoms with van der Waals surface area (Å²) in [6.45, 7) is 8.73. The van der Waals surface area contributed by atoms with E-state index in [0.29, 0.717) is 36.7 Å². The second-order valence-electron chi connectivity index (χ2n) is 8.10. The summed E-state index contributed by atoms with van der Waals surface area (Å²) in [5.74, 6) is 0.390. The van der Waals surface area contributed by atoms with Gasteiger partial charge in [0.1, 0.15) is 0 Å². The lowest BCUT2D eigenvalue weighted by Crippen LogP contribution is -2.14. The number of nitrogens with one attached hydrogen (secondary N) is 1. The Morgan fingerprint density at radius 1 is 1.03 bits per heavy atom. The first-order valence-electron chi connectivity index (χ1n) is 11.1. The number of hydrogen-bond acceptors (Lipinski definition) is 6. The highest BCUT2D eigenvalue weighted by molar-refractivity contribution is 5.92. The largest absolute Gasteiger partial charge is 0.466 e. The predicted molar refractivity (Wildman–Crippen MR) is 126 cm³/mol. The predicted octanol–water partition coefficient (Wildman–Crippen LogP) is 4.56. The number of carbonyl (C=O) groups is 2. The molecule has 1 heterocycles.